The number of aryl methyl sites for hydroxylation is 1. The van der Waals surface area contributed by atoms with Crippen LogP contribution in [0.3, 0.4) is 0 Å². The van der Waals surface area contributed by atoms with E-state index in [-0.39, 0.29) is 5.60 Å². The number of hydrogen-bond acceptors (Lipinski definition) is 5. The quantitative estimate of drug-likeness (QED) is 0.717. The van der Waals surface area contributed by atoms with Gasteiger partial charge in [0.2, 0.25) is 5.95 Å². The fourth-order valence-corrected chi connectivity index (χ4v) is 4.37. The third-order valence-corrected chi connectivity index (χ3v) is 5.78. The Morgan fingerprint density at radius 2 is 2.00 bits per heavy atom. The molecule has 6 nitrogen and oxygen atoms in total. The lowest BCUT2D eigenvalue weighted by Crippen LogP contribution is -2.49. The highest BCUT2D eigenvalue weighted by Crippen LogP contribution is 2.42. The average molecular weight is 361 g/mol. The molecule has 138 valence electrons. The maximum Gasteiger partial charge on any atom is 0.227 e. The van der Waals surface area contributed by atoms with Crippen LogP contribution in [0.5, 0.6) is 0 Å². The van der Waals surface area contributed by atoms with E-state index < -0.39 is 0 Å². The van der Waals surface area contributed by atoms with Crippen molar-refractivity contribution in [3.8, 4) is 0 Å². The lowest BCUT2D eigenvalue weighted by atomic mass is 9.94. The summed E-state index contributed by atoms with van der Waals surface area (Å²) in [5.41, 5.74) is 3.53. The fraction of sp³-hybridized carbons (Fsp3) is 0.381. The van der Waals surface area contributed by atoms with Gasteiger partial charge in [-0.2, -0.15) is 0 Å². The Bertz CT molecular complexity index is 950. The van der Waals surface area contributed by atoms with Gasteiger partial charge in [-0.05, 0) is 36.1 Å². The Morgan fingerprint density at radius 1 is 1.11 bits per heavy atom. The van der Waals surface area contributed by atoms with Gasteiger partial charge in [0.15, 0.2) is 0 Å². The number of hydrogen-bond donors (Lipinski definition) is 0. The summed E-state index contributed by atoms with van der Waals surface area (Å²) in [6.07, 6.45) is 4.60. The molecule has 2 aromatic heterocycles. The summed E-state index contributed by atoms with van der Waals surface area (Å²) in [5, 5.41) is 8.94. The normalized spacial score (nSPS) is 21.6. The van der Waals surface area contributed by atoms with Crippen molar-refractivity contribution < 1.29 is 4.74 Å². The second kappa shape index (κ2) is 6.46. The third-order valence-electron chi connectivity index (χ3n) is 5.78. The van der Waals surface area contributed by atoms with E-state index in [9.17, 15) is 0 Å². The minimum absolute atomic E-state index is 0.220. The molecule has 0 N–H and O–H groups in total. The first-order chi connectivity index (χ1) is 13.3. The zero-order valence-corrected chi connectivity index (χ0v) is 15.5. The molecule has 0 radical (unpaired) electrons. The van der Waals surface area contributed by atoms with E-state index in [2.05, 4.69) is 48.9 Å². The van der Waals surface area contributed by atoms with Crippen molar-refractivity contribution in [1.29, 1.82) is 0 Å². The molecule has 1 spiro atoms. The predicted molar refractivity (Wildman–Crippen MR) is 103 cm³/mol. The van der Waals surface area contributed by atoms with Crippen LogP contribution in [-0.2, 0) is 30.2 Å². The molecule has 0 bridgehead atoms. The Balaban J connectivity index is 1.41. The van der Waals surface area contributed by atoms with E-state index in [1.807, 2.05) is 31.4 Å². The number of anilines is 1. The van der Waals surface area contributed by atoms with E-state index in [0.717, 1.165) is 43.4 Å². The molecule has 0 saturated carbocycles. The van der Waals surface area contributed by atoms with E-state index in [0.29, 0.717) is 13.0 Å². The van der Waals surface area contributed by atoms with Crippen LogP contribution < -0.4 is 4.90 Å². The van der Waals surface area contributed by atoms with E-state index >= 15 is 0 Å². The Labute approximate surface area is 158 Å². The maximum absolute atomic E-state index is 6.34. The molecular formula is C21H23N5O. The second-order valence-corrected chi connectivity index (χ2v) is 7.39. The van der Waals surface area contributed by atoms with E-state index in [1.165, 1.54) is 11.1 Å². The zero-order chi connectivity index (χ0) is 18.3. The van der Waals surface area contributed by atoms with Gasteiger partial charge in [-0.3, -0.25) is 4.98 Å². The van der Waals surface area contributed by atoms with Crippen molar-refractivity contribution >= 4 is 5.95 Å². The number of ether oxygens (including phenoxy) is 1. The summed E-state index contributed by atoms with van der Waals surface area (Å²) < 4.78 is 8.43. The molecule has 1 aromatic carbocycles. The van der Waals surface area contributed by atoms with Gasteiger partial charge in [0.05, 0.1) is 19.6 Å². The lowest BCUT2D eigenvalue weighted by Gasteiger charge is -2.41. The summed E-state index contributed by atoms with van der Waals surface area (Å²) in [4.78, 5) is 6.73. The number of benzene rings is 1. The van der Waals surface area contributed by atoms with Gasteiger partial charge in [0.25, 0.3) is 0 Å². The van der Waals surface area contributed by atoms with Crippen LogP contribution in [0.25, 0.3) is 0 Å². The summed E-state index contributed by atoms with van der Waals surface area (Å²) >= 11 is 0. The van der Waals surface area contributed by atoms with Gasteiger partial charge in [-0.15, -0.1) is 10.2 Å². The van der Waals surface area contributed by atoms with Gasteiger partial charge in [0, 0.05) is 25.5 Å². The highest BCUT2D eigenvalue weighted by atomic mass is 16.5. The van der Waals surface area contributed by atoms with Gasteiger partial charge in [-0.1, -0.05) is 30.3 Å². The minimum Gasteiger partial charge on any atom is -0.367 e. The molecular weight excluding hydrogens is 338 g/mol. The minimum atomic E-state index is -0.220. The number of pyridine rings is 1. The molecule has 1 aliphatic carbocycles. The fourth-order valence-electron chi connectivity index (χ4n) is 4.37. The van der Waals surface area contributed by atoms with Crippen LogP contribution in [0.2, 0.25) is 0 Å². The van der Waals surface area contributed by atoms with Crippen molar-refractivity contribution in [3.05, 3.63) is 71.3 Å². The van der Waals surface area contributed by atoms with Crippen LogP contribution in [-0.4, -0.2) is 39.4 Å². The summed E-state index contributed by atoms with van der Waals surface area (Å²) in [6.45, 7) is 2.36. The first kappa shape index (κ1) is 16.4. The second-order valence-electron chi connectivity index (χ2n) is 7.39. The van der Waals surface area contributed by atoms with Gasteiger partial charge >= 0.3 is 0 Å². The van der Waals surface area contributed by atoms with Crippen LogP contribution in [0, 0.1) is 0 Å². The molecule has 0 amide bonds. The molecule has 3 aromatic rings. The maximum atomic E-state index is 6.34. The lowest BCUT2D eigenvalue weighted by molar-refractivity contribution is -0.0597. The van der Waals surface area contributed by atoms with Gasteiger partial charge in [-0.25, -0.2) is 0 Å². The summed E-state index contributed by atoms with van der Waals surface area (Å²) in [6, 6.07) is 14.6. The topological polar surface area (TPSA) is 56.1 Å². The highest BCUT2D eigenvalue weighted by Gasteiger charge is 2.44. The average Bonchev–Trinajstić information content (AvgIpc) is 3.25. The molecule has 6 heteroatoms. The SMILES string of the molecule is Cn1c(Cc2ccccn2)nnc1N1CCOC2(CCc3ccccc32)C1. The highest BCUT2D eigenvalue weighted by molar-refractivity contribution is 5.42. The van der Waals surface area contributed by atoms with Crippen molar-refractivity contribution in [2.24, 2.45) is 7.05 Å². The van der Waals surface area contributed by atoms with Crippen molar-refractivity contribution in [3.63, 3.8) is 0 Å². The number of morpholine rings is 1. The van der Waals surface area contributed by atoms with E-state index in [1.54, 1.807) is 0 Å². The number of fused-ring (bicyclic) bond motifs is 2. The smallest absolute Gasteiger partial charge is 0.227 e. The number of aromatic nitrogens is 4. The van der Waals surface area contributed by atoms with Crippen molar-refractivity contribution in [2.45, 2.75) is 24.9 Å². The summed E-state index contributed by atoms with van der Waals surface area (Å²) in [5.74, 6) is 1.84. The molecule has 27 heavy (non-hydrogen) atoms. The number of nitrogens with zero attached hydrogens (tertiary/aromatic N) is 5. The van der Waals surface area contributed by atoms with Gasteiger partial charge in [0.1, 0.15) is 11.4 Å². The molecule has 1 fully saturated rings. The zero-order valence-electron chi connectivity index (χ0n) is 15.5. The predicted octanol–water partition coefficient (Wildman–Crippen LogP) is 2.48. The van der Waals surface area contributed by atoms with Crippen LogP contribution >= 0.6 is 0 Å². The van der Waals surface area contributed by atoms with E-state index in [4.69, 9.17) is 4.74 Å². The molecule has 1 saturated heterocycles. The molecule has 3 heterocycles. The first-order valence-corrected chi connectivity index (χ1v) is 9.51. The Kier molecular flexibility index (Phi) is 3.93. The molecule has 1 unspecified atom stereocenters. The Morgan fingerprint density at radius 3 is 2.89 bits per heavy atom. The van der Waals surface area contributed by atoms with Crippen LogP contribution in [0.1, 0.15) is 29.1 Å². The Hall–Kier alpha value is -2.73. The summed E-state index contributed by atoms with van der Waals surface area (Å²) in [7, 11) is 2.04. The standard InChI is InChI=1S/C21H23N5O/c1-25-19(14-17-7-4-5-11-22-17)23-24-20(25)26-12-13-27-21(15-26)10-9-16-6-2-3-8-18(16)21/h2-8,11H,9-10,12-15H2,1H3. The number of rotatable bonds is 3. The molecule has 2 aliphatic rings. The van der Waals surface area contributed by atoms with Crippen molar-refractivity contribution in [1.82, 2.24) is 19.7 Å². The largest absolute Gasteiger partial charge is 0.367 e. The van der Waals surface area contributed by atoms with Gasteiger partial charge < -0.3 is 14.2 Å². The monoisotopic (exact) mass is 361 g/mol. The molecule has 5 rings (SSSR count). The third kappa shape index (κ3) is 2.80. The molecule has 1 aliphatic heterocycles. The molecule has 1 atom stereocenters. The van der Waals surface area contributed by atoms with Crippen LogP contribution in [0.4, 0.5) is 5.95 Å². The first-order valence-electron chi connectivity index (χ1n) is 9.51. The van der Waals surface area contributed by atoms with Crippen LogP contribution in [0.15, 0.2) is 48.7 Å². The van der Waals surface area contributed by atoms with Crippen molar-refractivity contribution in [2.75, 3.05) is 24.6 Å².